The zero-order valence-electron chi connectivity index (χ0n) is 6.15. The summed E-state index contributed by atoms with van der Waals surface area (Å²) in [4.78, 5) is 36.2. The van der Waals surface area contributed by atoms with Gasteiger partial charge in [-0.15, -0.1) is 5.06 Å². The number of hydroxylamine groups is 2. The van der Waals surface area contributed by atoms with Gasteiger partial charge >= 0.3 is 5.97 Å². The molecule has 6 nitrogen and oxygen atoms in total. The fourth-order valence-electron chi connectivity index (χ4n) is 0.789. The smallest absolute Gasteiger partial charge is 0.358 e. The van der Waals surface area contributed by atoms with Crippen molar-refractivity contribution in [2.75, 3.05) is 6.61 Å². The molecule has 12 heavy (non-hydrogen) atoms. The molecule has 0 atom stereocenters. The Bertz CT molecular complexity index is 220. The van der Waals surface area contributed by atoms with Crippen LogP contribution in [0.5, 0.6) is 0 Å². The summed E-state index contributed by atoms with van der Waals surface area (Å²) in [6.07, 6.45) is 0.106. The first-order chi connectivity index (χ1) is 5.65. The highest BCUT2D eigenvalue weighted by Crippen LogP contribution is 2.11. The van der Waals surface area contributed by atoms with Crippen molar-refractivity contribution < 1.29 is 24.3 Å². The Kier molecular flexibility index (Phi) is 2.39. The van der Waals surface area contributed by atoms with Crippen LogP contribution in [0.4, 0.5) is 0 Å². The van der Waals surface area contributed by atoms with Gasteiger partial charge in [-0.25, -0.2) is 4.79 Å². The molecule has 1 N–H and O–H groups in total. The molecule has 0 aromatic rings. The van der Waals surface area contributed by atoms with Crippen LogP contribution in [-0.4, -0.2) is 34.6 Å². The third-order valence-corrected chi connectivity index (χ3v) is 1.33. The van der Waals surface area contributed by atoms with Gasteiger partial charge in [0.25, 0.3) is 11.8 Å². The third kappa shape index (κ3) is 1.59. The van der Waals surface area contributed by atoms with Crippen LogP contribution in [0.15, 0.2) is 0 Å². The number of imide groups is 1. The highest BCUT2D eigenvalue weighted by atomic mass is 16.7. The summed E-state index contributed by atoms with van der Waals surface area (Å²) in [6, 6.07) is 0. The van der Waals surface area contributed by atoms with Gasteiger partial charge in [0.1, 0.15) is 6.61 Å². The molecule has 0 aromatic heterocycles. The third-order valence-electron chi connectivity index (χ3n) is 1.33. The average Bonchev–Trinajstić information content (AvgIpc) is 2.35. The van der Waals surface area contributed by atoms with E-state index in [2.05, 4.69) is 4.84 Å². The summed E-state index contributed by atoms with van der Waals surface area (Å²) < 4.78 is 0. The predicted octanol–water partition coefficient (Wildman–Crippen LogP) is -1.41. The van der Waals surface area contributed by atoms with E-state index in [-0.39, 0.29) is 12.8 Å². The number of carbonyl (C=O) groups is 3. The van der Waals surface area contributed by atoms with Gasteiger partial charge in [-0.05, 0) is 0 Å². The lowest BCUT2D eigenvalue weighted by atomic mass is 10.4. The Hall–Kier alpha value is -1.43. The Morgan fingerprint density at radius 3 is 2.33 bits per heavy atom. The van der Waals surface area contributed by atoms with Crippen molar-refractivity contribution in [2.45, 2.75) is 12.8 Å². The molecule has 6 heteroatoms. The normalized spacial score (nSPS) is 16.9. The predicted molar refractivity (Wildman–Crippen MR) is 34.3 cm³/mol. The Labute approximate surface area is 67.7 Å². The fraction of sp³-hybridized carbons (Fsp3) is 0.500. The SMILES string of the molecule is O=C(CO)ON1C(=O)CCC1=O. The molecule has 1 aliphatic heterocycles. The van der Waals surface area contributed by atoms with Crippen LogP contribution in [0.3, 0.4) is 0 Å². The second-order valence-electron chi connectivity index (χ2n) is 2.20. The Morgan fingerprint density at radius 1 is 1.42 bits per heavy atom. The van der Waals surface area contributed by atoms with E-state index in [4.69, 9.17) is 5.11 Å². The molecule has 1 saturated heterocycles. The molecule has 0 bridgehead atoms. The van der Waals surface area contributed by atoms with Crippen LogP contribution in [0.1, 0.15) is 12.8 Å². The number of carbonyl (C=O) groups excluding carboxylic acids is 3. The molecule has 1 heterocycles. The van der Waals surface area contributed by atoms with Crippen LogP contribution < -0.4 is 0 Å². The van der Waals surface area contributed by atoms with Gasteiger partial charge in [-0.2, -0.15) is 0 Å². The lowest BCUT2D eigenvalue weighted by molar-refractivity contribution is -0.199. The molecular weight excluding hydrogens is 166 g/mol. The lowest BCUT2D eigenvalue weighted by Gasteiger charge is -2.10. The zero-order chi connectivity index (χ0) is 9.14. The first-order valence-electron chi connectivity index (χ1n) is 3.32. The molecule has 2 amide bonds. The maximum absolute atomic E-state index is 10.8. The van der Waals surface area contributed by atoms with Gasteiger partial charge in [0, 0.05) is 12.8 Å². The number of aliphatic hydroxyl groups excluding tert-OH is 1. The zero-order valence-corrected chi connectivity index (χ0v) is 6.15. The van der Waals surface area contributed by atoms with E-state index < -0.39 is 24.4 Å². The lowest BCUT2D eigenvalue weighted by Crippen LogP contribution is -2.33. The highest BCUT2D eigenvalue weighted by Gasteiger charge is 2.32. The number of amides is 2. The van der Waals surface area contributed by atoms with Crippen molar-refractivity contribution >= 4 is 17.8 Å². The second-order valence-corrected chi connectivity index (χ2v) is 2.20. The van der Waals surface area contributed by atoms with Gasteiger partial charge in [0.05, 0.1) is 0 Å². The minimum Gasteiger partial charge on any atom is -0.385 e. The molecule has 1 fully saturated rings. The van der Waals surface area contributed by atoms with Crippen molar-refractivity contribution in [1.29, 1.82) is 0 Å². The minimum absolute atomic E-state index is 0.0531. The van der Waals surface area contributed by atoms with Gasteiger partial charge in [-0.3, -0.25) is 9.59 Å². The summed E-state index contributed by atoms with van der Waals surface area (Å²) in [5.41, 5.74) is 0. The number of hydrogen-bond donors (Lipinski definition) is 1. The fourth-order valence-corrected chi connectivity index (χ4v) is 0.789. The summed E-state index contributed by atoms with van der Waals surface area (Å²) in [6.45, 7) is -0.850. The average molecular weight is 173 g/mol. The van der Waals surface area contributed by atoms with Crippen molar-refractivity contribution in [2.24, 2.45) is 0 Å². The summed E-state index contributed by atoms with van der Waals surface area (Å²) >= 11 is 0. The standard InChI is InChI=1S/C6H7NO5/c8-3-6(11)12-7-4(9)1-2-5(7)10/h8H,1-3H2. The van der Waals surface area contributed by atoms with Crippen molar-refractivity contribution in [3.63, 3.8) is 0 Å². The first-order valence-corrected chi connectivity index (χ1v) is 3.32. The Balaban J connectivity index is 2.56. The second kappa shape index (κ2) is 3.31. The molecule has 1 rings (SSSR count). The van der Waals surface area contributed by atoms with E-state index in [9.17, 15) is 14.4 Å². The maximum Gasteiger partial charge on any atom is 0.358 e. The van der Waals surface area contributed by atoms with Crippen LogP contribution >= 0.6 is 0 Å². The molecule has 0 aliphatic carbocycles. The van der Waals surface area contributed by atoms with E-state index in [0.717, 1.165) is 0 Å². The molecular formula is C6H7NO5. The summed E-state index contributed by atoms with van der Waals surface area (Å²) in [7, 11) is 0. The van der Waals surface area contributed by atoms with Gasteiger partial charge < -0.3 is 9.94 Å². The number of nitrogens with zero attached hydrogens (tertiary/aromatic N) is 1. The van der Waals surface area contributed by atoms with Crippen LogP contribution in [0.25, 0.3) is 0 Å². The van der Waals surface area contributed by atoms with Gasteiger partial charge in [0.15, 0.2) is 0 Å². The molecule has 0 saturated carbocycles. The molecule has 0 spiro atoms. The van der Waals surface area contributed by atoms with Gasteiger partial charge in [0.2, 0.25) is 0 Å². The van der Waals surface area contributed by atoms with E-state index in [1.807, 2.05) is 0 Å². The summed E-state index contributed by atoms with van der Waals surface area (Å²) in [5, 5.41) is 8.63. The van der Waals surface area contributed by atoms with Crippen molar-refractivity contribution in [1.82, 2.24) is 5.06 Å². The summed E-state index contributed by atoms with van der Waals surface area (Å²) in [5.74, 6) is -2.12. The van der Waals surface area contributed by atoms with Crippen LogP contribution in [-0.2, 0) is 19.2 Å². The number of aliphatic hydroxyl groups is 1. The number of hydrogen-bond acceptors (Lipinski definition) is 5. The topological polar surface area (TPSA) is 83.9 Å². The molecule has 0 unspecified atom stereocenters. The van der Waals surface area contributed by atoms with E-state index in [0.29, 0.717) is 5.06 Å². The number of rotatable bonds is 2. The van der Waals surface area contributed by atoms with Gasteiger partial charge in [-0.1, -0.05) is 0 Å². The quantitative estimate of drug-likeness (QED) is 0.518. The van der Waals surface area contributed by atoms with Crippen LogP contribution in [0.2, 0.25) is 0 Å². The van der Waals surface area contributed by atoms with Crippen molar-refractivity contribution in [3.8, 4) is 0 Å². The molecule has 1 aliphatic rings. The van der Waals surface area contributed by atoms with Crippen molar-refractivity contribution in [3.05, 3.63) is 0 Å². The van der Waals surface area contributed by atoms with E-state index in [1.54, 1.807) is 0 Å². The largest absolute Gasteiger partial charge is 0.385 e. The van der Waals surface area contributed by atoms with E-state index >= 15 is 0 Å². The van der Waals surface area contributed by atoms with E-state index in [1.165, 1.54) is 0 Å². The highest BCUT2D eigenvalue weighted by molar-refractivity contribution is 6.01. The molecule has 66 valence electrons. The Morgan fingerprint density at radius 2 is 1.92 bits per heavy atom. The molecule has 0 radical (unpaired) electrons. The van der Waals surface area contributed by atoms with Crippen LogP contribution in [0, 0.1) is 0 Å². The maximum atomic E-state index is 10.8. The monoisotopic (exact) mass is 173 g/mol. The molecule has 0 aromatic carbocycles. The minimum atomic E-state index is -1.02. The first kappa shape index (κ1) is 8.66.